The Labute approximate surface area is 125 Å². The van der Waals surface area contributed by atoms with Crippen LogP contribution >= 0.6 is 11.8 Å². The van der Waals surface area contributed by atoms with Crippen LogP contribution in [-0.2, 0) is 6.54 Å². The molecule has 0 heterocycles. The van der Waals surface area contributed by atoms with Crippen molar-refractivity contribution < 1.29 is 4.74 Å². The van der Waals surface area contributed by atoms with E-state index in [0.29, 0.717) is 6.04 Å². The van der Waals surface area contributed by atoms with E-state index in [1.54, 1.807) is 0 Å². The molecule has 20 heavy (non-hydrogen) atoms. The normalized spacial score (nSPS) is 22.2. The second kappa shape index (κ2) is 8.18. The standard InChI is InChI=1S/C16H22N2OS/c1-20-15-7-4-6-14(11-15)18-12-13-5-2-3-8-16(13)19-10-9-17/h2-3,5,8,14-15,18H,4,6-7,10-12H2,1H3. The molecule has 1 aromatic rings. The minimum atomic E-state index is 0.106. The molecule has 0 amide bonds. The molecule has 1 aliphatic rings. The molecule has 1 aromatic carbocycles. The van der Waals surface area contributed by atoms with E-state index in [0.717, 1.165) is 23.1 Å². The van der Waals surface area contributed by atoms with Crippen LogP contribution in [0.15, 0.2) is 24.3 Å². The zero-order valence-electron chi connectivity index (χ0n) is 12.0. The maximum absolute atomic E-state index is 8.62. The van der Waals surface area contributed by atoms with E-state index in [1.807, 2.05) is 36.0 Å². The molecule has 4 heteroatoms. The lowest BCUT2D eigenvalue weighted by molar-refractivity contribution is 0.353. The summed E-state index contributed by atoms with van der Waals surface area (Å²) < 4.78 is 5.46. The number of rotatable bonds is 6. The Morgan fingerprint density at radius 1 is 1.40 bits per heavy atom. The molecule has 1 N–H and O–H groups in total. The molecular weight excluding hydrogens is 268 g/mol. The molecule has 2 atom stereocenters. The van der Waals surface area contributed by atoms with Crippen LogP contribution in [0.5, 0.6) is 5.75 Å². The van der Waals surface area contributed by atoms with Gasteiger partial charge in [-0.15, -0.1) is 0 Å². The third-order valence-corrected chi connectivity index (χ3v) is 4.90. The van der Waals surface area contributed by atoms with Crippen molar-refractivity contribution in [1.82, 2.24) is 5.32 Å². The fraction of sp³-hybridized carbons (Fsp3) is 0.562. The molecule has 0 aliphatic heterocycles. The fourth-order valence-corrected chi connectivity index (χ4v) is 3.53. The Hall–Kier alpha value is -1.18. The van der Waals surface area contributed by atoms with Gasteiger partial charge in [-0.1, -0.05) is 24.6 Å². The summed E-state index contributed by atoms with van der Waals surface area (Å²) in [5.41, 5.74) is 1.13. The molecule has 0 aromatic heterocycles. The van der Waals surface area contributed by atoms with E-state index >= 15 is 0 Å². The highest BCUT2D eigenvalue weighted by Crippen LogP contribution is 2.27. The van der Waals surface area contributed by atoms with E-state index in [4.69, 9.17) is 10.00 Å². The van der Waals surface area contributed by atoms with Crippen LogP contribution in [-0.4, -0.2) is 24.2 Å². The Kier molecular flexibility index (Phi) is 6.23. The number of nitrogens with zero attached hydrogens (tertiary/aromatic N) is 1. The van der Waals surface area contributed by atoms with E-state index in [2.05, 4.69) is 17.6 Å². The highest BCUT2D eigenvalue weighted by atomic mass is 32.2. The monoisotopic (exact) mass is 290 g/mol. The Balaban J connectivity index is 1.88. The van der Waals surface area contributed by atoms with Crippen LogP contribution in [0.25, 0.3) is 0 Å². The summed E-state index contributed by atoms with van der Waals surface area (Å²) >= 11 is 1.98. The van der Waals surface area contributed by atoms with Crippen LogP contribution < -0.4 is 10.1 Å². The number of hydrogen-bond acceptors (Lipinski definition) is 4. The van der Waals surface area contributed by atoms with Gasteiger partial charge in [0, 0.05) is 23.4 Å². The third-order valence-electron chi connectivity index (χ3n) is 3.81. The summed E-state index contributed by atoms with van der Waals surface area (Å²) in [6.07, 6.45) is 7.38. The minimum absolute atomic E-state index is 0.106. The van der Waals surface area contributed by atoms with Crippen molar-refractivity contribution in [2.75, 3.05) is 12.9 Å². The first-order valence-corrected chi connectivity index (χ1v) is 8.46. The smallest absolute Gasteiger partial charge is 0.174 e. The molecule has 1 aliphatic carbocycles. The second-order valence-corrected chi connectivity index (χ2v) is 6.29. The molecule has 3 nitrogen and oxygen atoms in total. The first-order chi connectivity index (χ1) is 9.83. The van der Waals surface area contributed by atoms with Crippen molar-refractivity contribution in [3.63, 3.8) is 0 Å². The molecule has 0 bridgehead atoms. The van der Waals surface area contributed by atoms with Gasteiger partial charge in [0.15, 0.2) is 6.61 Å². The molecule has 108 valence electrons. The van der Waals surface area contributed by atoms with Gasteiger partial charge in [-0.25, -0.2) is 0 Å². The Bertz CT molecular complexity index is 458. The summed E-state index contributed by atoms with van der Waals surface area (Å²) in [4.78, 5) is 0. The first kappa shape index (κ1) is 15.2. The highest BCUT2D eigenvalue weighted by Gasteiger charge is 2.20. The molecule has 1 saturated carbocycles. The maximum Gasteiger partial charge on any atom is 0.174 e. The predicted molar refractivity (Wildman–Crippen MR) is 83.9 cm³/mol. The van der Waals surface area contributed by atoms with Crippen molar-refractivity contribution in [2.45, 2.75) is 43.5 Å². The molecular formula is C16H22N2OS. The minimum Gasteiger partial charge on any atom is -0.478 e. The number of benzene rings is 1. The van der Waals surface area contributed by atoms with Crippen molar-refractivity contribution >= 4 is 11.8 Å². The summed E-state index contributed by atoms with van der Waals surface area (Å²) in [5, 5.41) is 13.1. The lowest BCUT2D eigenvalue weighted by atomic mass is 9.95. The van der Waals surface area contributed by atoms with E-state index < -0.39 is 0 Å². The average Bonchev–Trinajstić information content (AvgIpc) is 2.52. The number of nitriles is 1. The summed E-state index contributed by atoms with van der Waals surface area (Å²) in [7, 11) is 0. The van der Waals surface area contributed by atoms with Gasteiger partial charge < -0.3 is 10.1 Å². The number of para-hydroxylation sites is 1. The number of ether oxygens (including phenoxy) is 1. The second-order valence-electron chi connectivity index (χ2n) is 5.16. The molecule has 1 fully saturated rings. The zero-order valence-corrected chi connectivity index (χ0v) is 12.8. The van der Waals surface area contributed by atoms with Gasteiger partial charge in [-0.05, 0) is 31.6 Å². The highest BCUT2D eigenvalue weighted by molar-refractivity contribution is 7.99. The summed E-state index contributed by atoms with van der Waals surface area (Å²) in [6, 6.07) is 10.6. The van der Waals surface area contributed by atoms with Crippen molar-refractivity contribution in [2.24, 2.45) is 0 Å². The van der Waals surface area contributed by atoms with Crippen molar-refractivity contribution in [3.05, 3.63) is 29.8 Å². The van der Waals surface area contributed by atoms with Gasteiger partial charge in [-0.3, -0.25) is 0 Å². The SMILES string of the molecule is CSC1CCCC(NCc2ccccc2OCC#N)C1. The largest absolute Gasteiger partial charge is 0.478 e. The number of nitrogens with one attached hydrogen (secondary N) is 1. The van der Waals surface area contributed by atoms with E-state index in [-0.39, 0.29) is 6.61 Å². The van der Waals surface area contributed by atoms with Crippen molar-refractivity contribution in [1.29, 1.82) is 5.26 Å². The molecule has 2 unspecified atom stereocenters. The average molecular weight is 290 g/mol. The van der Waals surface area contributed by atoms with Crippen LogP contribution in [0.3, 0.4) is 0 Å². The fourth-order valence-electron chi connectivity index (χ4n) is 2.70. The lowest BCUT2D eigenvalue weighted by Crippen LogP contribution is -2.34. The molecule has 0 spiro atoms. The van der Waals surface area contributed by atoms with E-state index in [1.165, 1.54) is 25.7 Å². The third kappa shape index (κ3) is 4.43. The zero-order chi connectivity index (χ0) is 14.2. The molecule has 0 radical (unpaired) electrons. The topological polar surface area (TPSA) is 45.0 Å². The van der Waals surface area contributed by atoms with Crippen LogP contribution in [0.2, 0.25) is 0 Å². The van der Waals surface area contributed by atoms with Gasteiger partial charge >= 0.3 is 0 Å². The molecule has 2 rings (SSSR count). The van der Waals surface area contributed by atoms with Crippen LogP contribution in [0.4, 0.5) is 0 Å². The number of thioether (sulfide) groups is 1. The van der Waals surface area contributed by atoms with Crippen LogP contribution in [0.1, 0.15) is 31.2 Å². The van der Waals surface area contributed by atoms with E-state index in [9.17, 15) is 0 Å². The lowest BCUT2D eigenvalue weighted by Gasteiger charge is -2.29. The van der Waals surface area contributed by atoms with Crippen molar-refractivity contribution in [3.8, 4) is 11.8 Å². The Morgan fingerprint density at radius 3 is 3.05 bits per heavy atom. The van der Waals surface area contributed by atoms with Gasteiger partial charge in [0.25, 0.3) is 0 Å². The van der Waals surface area contributed by atoms with Gasteiger partial charge in [0.2, 0.25) is 0 Å². The van der Waals surface area contributed by atoms with Gasteiger partial charge in [0.05, 0.1) is 0 Å². The van der Waals surface area contributed by atoms with Gasteiger partial charge in [-0.2, -0.15) is 17.0 Å². The summed E-state index contributed by atoms with van der Waals surface area (Å²) in [5.74, 6) is 0.818. The first-order valence-electron chi connectivity index (χ1n) is 7.17. The quantitative estimate of drug-likeness (QED) is 0.872. The van der Waals surface area contributed by atoms with Crippen LogP contribution in [0, 0.1) is 11.3 Å². The number of hydrogen-bond donors (Lipinski definition) is 1. The summed E-state index contributed by atoms with van der Waals surface area (Å²) in [6.45, 7) is 0.919. The maximum atomic E-state index is 8.62. The van der Waals surface area contributed by atoms with Gasteiger partial charge in [0.1, 0.15) is 11.8 Å². The molecule has 0 saturated heterocycles. The predicted octanol–water partition coefficient (Wildman–Crippen LogP) is 3.35. The Morgan fingerprint density at radius 2 is 2.25 bits per heavy atom.